The number of aliphatic hydroxyl groups is 1. The summed E-state index contributed by atoms with van der Waals surface area (Å²) >= 11 is 0. The minimum absolute atomic E-state index is 0.0965. The predicted molar refractivity (Wildman–Crippen MR) is 124 cm³/mol. The molecule has 2 aliphatic rings. The molecule has 1 saturated carbocycles. The van der Waals surface area contributed by atoms with Crippen LogP contribution >= 0.6 is 0 Å². The molecule has 0 aromatic heterocycles. The lowest BCUT2D eigenvalue weighted by molar-refractivity contribution is -0.155. The first-order chi connectivity index (χ1) is 17.0. The smallest absolute Gasteiger partial charge is 0.419 e. The van der Waals surface area contributed by atoms with Crippen LogP contribution in [0.5, 0.6) is 5.75 Å². The van der Waals surface area contributed by atoms with E-state index in [0.29, 0.717) is 49.4 Å². The number of rotatable bonds is 5. The summed E-state index contributed by atoms with van der Waals surface area (Å²) < 4.78 is 57.7. The number of alkyl halides is 3. The first-order valence-electron chi connectivity index (χ1n) is 11.9. The molecule has 0 bridgehead atoms. The van der Waals surface area contributed by atoms with E-state index in [1.54, 1.807) is 17.0 Å². The van der Waals surface area contributed by atoms with Crippen LogP contribution in [-0.4, -0.2) is 41.1 Å². The van der Waals surface area contributed by atoms with Crippen molar-refractivity contribution in [3.8, 4) is 5.75 Å². The number of hydrogen-bond donors (Lipinski definition) is 2. The van der Waals surface area contributed by atoms with E-state index in [-0.39, 0.29) is 24.4 Å². The summed E-state index contributed by atoms with van der Waals surface area (Å²) in [7, 11) is 1.44. The fraction of sp³-hybridized carbons (Fsp3) is 0.462. The average Bonchev–Trinajstić information content (AvgIpc) is 2.83. The van der Waals surface area contributed by atoms with Crippen molar-refractivity contribution in [2.75, 3.05) is 19.0 Å². The van der Waals surface area contributed by atoms with Gasteiger partial charge in [-0.15, -0.1) is 0 Å². The third kappa shape index (κ3) is 5.33. The fourth-order valence-corrected chi connectivity index (χ4v) is 5.03. The molecule has 2 aromatic rings. The number of hydrogen-bond acceptors (Lipinski definition) is 4. The van der Waals surface area contributed by atoms with E-state index in [1.807, 2.05) is 0 Å². The number of methoxy groups -OCH3 is 1. The van der Waals surface area contributed by atoms with Crippen LogP contribution in [0, 0.1) is 5.82 Å². The number of nitrogens with one attached hydrogen (secondary N) is 1. The van der Waals surface area contributed by atoms with Crippen LogP contribution < -0.4 is 10.1 Å². The zero-order chi connectivity index (χ0) is 26.1. The van der Waals surface area contributed by atoms with Gasteiger partial charge in [-0.25, -0.2) is 4.39 Å². The van der Waals surface area contributed by atoms with Crippen molar-refractivity contribution >= 4 is 17.5 Å². The molecule has 2 amide bonds. The Morgan fingerprint density at radius 1 is 1.14 bits per heavy atom. The molecular formula is C26H28F4N2O4. The maximum atomic E-state index is 13.9. The van der Waals surface area contributed by atoms with E-state index in [9.17, 15) is 32.3 Å². The van der Waals surface area contributed by atoms with Crippen LogP contribution in [0.3, 0.4) is 0 Å². The lowest BCUT2D eigenvalue weighted by Crippen LogP contribution is -2.51. The number of anilines is 1. The number of carbonyl (C=O) groups excluding carboxylic acids is 2. The SMILES string of the molecule is COc1ccc2c(c1NC(=O)Cc1ccc(C(F)(F)F)c(F)c1)CCN(C(=O)C1(O)CCCCC1)C2. The van der Waals surface area contributed by atoms with Crippen LogP contribution in [0.2, 0.25) is 0 Å². The largest absolute Gasteiger partial charge is 0.495 e. The Bertz CT molecular complexity index is 1160. The standard InChI is InChI=1S/C26H28F4N2O4/c1-36-21-8-6-17-15-32(24(34)25(35)10-3-2-4-11-25)12-9-18(17)23(21)31-22(33)14-16-5-7-19(20(27)13-16)26(28,29)30/h5-8,13,35H,2-4,9-12,14-15H2,1H3,(H,31,33). The highest BCUT2D eigenvalue weighted by Gasteiger charge is 2.41. The summed E-state index contributed by atoms with van der Waals surface area (Å²) in [5.41, 5.74) is -0.639. The molecule has 1 aliphatic heterocycles. The average molecular weight is 509 g/mol. The van der Waals surface area contributed by atoms with Crippen molar-refractivity contribution in [2.45, 2.75) is 63.3 Å². The van der Waals surface area contributed by atoms with Gasteiger partial charge in [0.15, 0.2) is 0 Å². The summed E-state index contributed by atoms with van der Waals surface area (Å²) in [5, 5.41) is 13.6. The summed E-state index contributed by atoms with van der Waals surface area (Å²) in [6.45, 7) is 0.627. The van der Waals surface area contributed by atoms with Gasteiger partial charge in [0.25, 0.3) is 5.91 Å². The molecule has 1 heterocycles. The summed E-state index contributed by atoms with van der Waals surface area (Å²) in [6, 6.07) is 5.87. The number of benzene rings is 2. The van der Waals surface area contributed by atoms with Gasteiger partial charge in [0.05, 0.1) is 24.8 Å². The number of amides is 2. The molecule has 194 valence electrons. The normalized spacial score (nSPS) is 17.3. The van der Waals surface area contributed by atoms with Crippen LogP contribution in [-0.2, 0) is 35.2 Å². The van der Waals surface area contributed by atoms with E-state index in [2.05, 4.69) is 5.32 Å². The van der Waals surface area contributed by atoms with E-state index in [1.165, 1.54) is 7.11 Å². The van der Waals surface area contributed by atoms with E-state index in [4.69, 9.17) is 4.74 Å². The summed E-state index contributed by atoms with van der Waals surface area (Å²) in [5.74, 6) is -1.87. The molecule has 6 nitrogen and oxygen atoms in total. The molecule has 2 N–H and O–H groups in total. The maximum absolute atomic E-state index is 13.9. The Morgan fingerprint density at radius 2 is 1.86 bits per heavy atom. The second kappa shape index (κ2) is 10.1. The van der Waals surface area contributed by atoms with Crippen molar-refractivity contribution in [2.24, 2.45) is 0 Å². The number of fused-ring (bicyclic) bond motifs is 1. The molecule has 0 radical (unpaired) electrons. The quantitative estimate of drug-likeness (QED) is 0.578. The molecule has 0 saturated heterocycles. The van der Waals surface area contributed by atoms with Crippen molar-refractivity contribution < 1.29 is 37.0 Å². The van der Waals surface area contributed by atoms with Gasteiger partial charge in [0.2, 0.25) is 5.91 Å². The second-order valence-corrected chi connectivity index (χ2v) is 9.39. The van der Waals surface area contributed by atoms with Crippen molar-refractivity contribution in [3.05, 3.63) is 58.4 Å². The van der Waals surface area contributed by atoms with Crippen LogP contribution in [0.4, 0.5) is 23.2 Å². The third-order valence-electron chi connectivity index (χ3n) is 6.92. The van der Waals surface area contributed by atoms with Crippen molar-refractivity contribution in [1.29, 1.82) is 0 Å². The van der Waals surface area contributed by atoms with Gasteiger partial charge in [0, 0.05) is 13.1 Å². The van der Waals surface area contributed by atoms with Gasteiger partial charge in [0.1, 0.15) is 17.2 Å². The minimum Gasteiger partial charge on any atom is -0.495 e. The summed E-state index contributed by atoms with van der Waals surface area (Å²) in [6.07, 6.45) is -1.22. The monoisotopic (exact) mass is 508 g/mol. The molecule has 36 heavy (non-hydrogen) atoms. The molecule has 1 aliphatic carbocycles. The molecular weight excluding hydrogens is 480 g/mol. The first kappa shape index (κ1) is 25.9. The second-order valence-electron chi connectivity index (χ2n) is 9.39. The molecule has 2 aromatic carbocycles. The Labute approximate surface area is 206 Å². The van der Waals surface area contributed by atoms with Crippen LogP contribution in [0.1, 0.15) is 54.4 Å². The molecule has 10 heteroatoms. The van der Waals surface area contributed by atoms with Crippen LogP contribution in [0.15, 0.2) is 30.3 Å². The molecule has 1 fully saturated rings. The number of ether oxygens (including phenoxy) is 1. The Balaban J connectivity index is 1.51. The number of halogens is 4. The molecule has 0 unspecified atom stereocenters. The van der Waals surface area contributed by atoms with Crippen LogP contribution in [0.25, 0.3) is 0 Å². The number of carbonyl (C=O) groups is 2. The lowest BCUT2D eigenvalue weighted by Gasteiger charge is -2.38. The number of nitrogens with zero attached hydrogens (tertiary/aromatic N) is 1. The maximum Gasteiger partial charge on any atom is 0.419 e. The topological polar surface area (TPSA) is 78.9 Å². The zero-order valence-corrected chi connectivity index (χ0v) is 19.9. The molecule has 4 rings (SSSR count). The van der Waals surface area contributed by atoms with Gasteiger partial charge in [-0.1, -0.05) is 31.4 Å². The highest BCUT2D eigenvalue weighted by Crippen LogP contribution is 2.37. The Hall–Kier alpha value is -3.14. The first-order valence-corrected chi connectivity index (χ1v) is 11.9. The highest BCUT2D eigenvalue weighted by atomic mass is 19.4. The van der Waals surface area contributed by atoms with E-state index in [0.717, 1.165) is 36.5 Å². The highest BCUT2D eigenvalue weighted by molar-refractivity contribution is 5.95. The molecule has 0 spiro atoms. The lowest BCUT2D eigenvalue weighted by atomic mass is 9.83. The fourth-order valence-electron chi connectivity index (χ4n) is 5.03. The van der Waals surface area contributed by atoms with E-state index >= 15 is 0 Å². The van der Waals surface area contributed by atoms with Gasteiger partial charge in [-0.3, -0.25) is 9.59 Å². The van der Waals surface area contributed by atoms with Gasteiger partial charge < -0.3 is 20.1 Å². The predicted octanol–water partition coefficient (Wildman–Crippen LogP) is 4.61. The van der Waals surface area contributed by atoms with Gasteiger partial charge >= 0.3 is 6.18 Å². The van der Waals surface area contributed by atoms with Crippen molar-refractivity contribution in [1.82, 2.24) is 4.90 Å². The minimum atomic E-state index is -4.82. The Kier molecular flexibility index (Phi) is 7.26. The molecule has 0 atom stereocenters. The zero-order valence-electron chi connectivity index (χ0n) is 19.9. The van der Waals surface area contributed by atoms with Gasteiger partial charge in [-0.05, 0) is 54.2 Å². The van der Waals surface area contributed by atoms with E-state index < -0.39 is 29.1 Å². The third-order valence-corrected chi connectivity index (χ3v) is 6.92. The van der Waals surface area contributed by atoms with Gasteiger partial charge in [-0.2, -0.15) is 13.2 Å². The summed E-state index contributed by atoms with van der Waals surface area (Å²) in [4.78, 5) is 27.4. The Morgan fingerprint density at radius 3 is 2.50 bits per heavy atom. The van der Waals surface area contributed by atoms with Crippen molar-refractivity contribution in [3.63, 3.8) is 0 Å².